The number of carbonyl (C=O) groups is 2. The molecule has 0 saturated heterocycles. The molecule has 4 aromatic rings. The van der Waals surface area contributed by atoms with Crippen LogP contribution in [0, 0.1) is 17.1 Å². The molecule has 4 rings (SSSR count). The first kappa shape index (κ1) is 20.8. The zero-order valence-electron chi connectivity index (χ0n) is 16.9. The lowest BCUT2D eigenvalue weighted by molar-refractivity contribution is -0.118. The van der Waals surface area contributed by atoms with Gasteiger partial charge in [0, 0.05) is 34.8 Å². The molecule has 3 aromatic carbocycles. The first-order valence-electron chi connectivity index (χ1n) is 9.96. The summed E-state index contributed by atoms with van der Waals surface area (Å²) in [6, 6.07) is 20.4. The number of hydrogen-bond acceptors (Lipinski definition) is 3. The highest BCUT2D eigenvalue weighted by Crippen LogP contribution is 2.20. The summed E-state index contributed by atoms with van der Waals surface area (Å²) in [6.45, 7) is 0. The number of aromatic nitrogens is 1. The SMILES string of the molecule is N#Cc1cccc(NC(=O)C(Cc2c[nH]c3ccccc23)NC(=O)c2ccc(F)cc2)c1. The molecule has 1 unspecified atom stereocenters. The second-order valence-corrected chi connectivity index (χ2v) is 7.28. The van der Waals surface area contributed by atoms with Crippen molar-refractivity contribution in [3.8, 4) is 6.07 Å². The highest BCUT2D eigenvalue weighted by molar-refractivity contribution is 6.01. The van der Waals surface area contributed by atoms with E-state index in [2.05, 4.69) is 15.6 Å². The summed E-state index contributed by atoms with van der Waals surface area (Å²) < 4.78 is 13.2. The van der Waals surface area contributed by atoms with E-state index in [1.54, 1.807) is 24.3 Å². The third-order valence-electron chi connectivity index (χ3n) is 5.09. The van der Waals surface area contributed by atoms with Gasteiger partial charge in [0.2, 0.25) is 5.91 Å². The molecule has 0 saturated carbocycles. The Morgan fingerprint density at radius 1 is 1.03 bits per heavy atom. The van der Waals surface area contributed by atoms with Gasteiger partial charge in [-0.2, -0.15) is 5.26 Å². The Kier molecular flexibility index (Phi) is 5.95. The van der Waals surface area contributed by atoms with Gasteiger partial charge in [-0.05, 0) is 54.1 Å². The van der Waals surface area contributed by atoms with Gasteiger partial charge in [0.25, 0.3) is 5.91 Å². The molecule has 0 aliphatic heterocycles. The molecule has 0 radical (unpaired) electrons. The lowest BCUT2D eigenvalue weighted by Gasteiger charge is -2.19. The monoisotopic (exact) mass is 426 g/mol. The largest absolute Gasteiger partial charge is 0.361 e. The number of rotatable bonds is 6. The van der Waals surface area contributed by atoms with Crippen LogP contribution in [0.4, 0.5) is 10.1 Å². The first-order chi connectivity index (χ1) is 15.5. The maximum Gasteiger partial charge on any atom is 0.251 e. The molecule has 1 aromatic heterocycles. The summed E-state index contributed by atoms with van der Waals surface area (Å²) in [6.07, 6.45) is 2.05. The molecule has 6 nitrogen and oxygen atoms in total. The number of halogens is 1. The van der Waals surface area contributed by atoms with Gasteiger partial charge in [-0.15, -0.1) is 0 Å². The van der Waals surface area contributed by atoms with E-state index in [4.69, 9.17) is 5.26 Å². The Hall–Kier alpha value is -4.44. The first-order valence-corrected chi connectivity index (χ1v) is 9.96. The quantitative estimate of drug-likeness (QED) is 0.432. The number of H-pyrrole nitrogens is 1. The molecule has 158 valence electrons. The molecule has 3 N–H and O–H groups in total. The lowest BCUT2D eigenvalue weighted by Crippen LogP contribution is -2.45. The predicted molar refractivity (Wildman–Crippen MR) is 119 cm³/mol. The number of para-hydroxylation sites is 1. The molecule has 7 heteroatoms. The standard InChI is InChI=1S/C25H19FN4O2/c26-19-10-8-17(9-11-19)24(31)30-23(13-18-15-28-22-7-2-1-6-21(18)22)25(32)29-20-5-3-4-16(12-20)14-27/h1-12,15,23,28H,13H2,(H,29,32)(H,30,31). The van der Waals surface area contributed by atoms with Gasteiger partial charge < -0.3 is 15.6 Å². The van der Waals surface area contributed by atoms with Crippen LogP contribution >= 0.6 is 0 Å². The molecule has 1 atom stereocenters. The second-order valence-electron chi connectivity index (χ2n) is 7.28. The van der Waals surface area contributed by atoms with E-state index in [0.717, 1.165) is 16.5 Å². The Balaban J connectivity index is 1.60. The van der Waals surface area contributed by atoms with Crippen molar-refractivity contribution in [2.24, 2.45) is 0 Å². The topological polar surface area (TPSA) is 97.8 Å². The van der Waals surface area contributed by atoms with Gasteiger partial charge in [-0.1, -0.05) is 24.3 Å². The number of aromatic amines is 1. The van der Waals surface area contributed by atoms with Crippen molar-refractivity contribution in [3.63, 3.8) is 0 Å². The Bertz CT molecular complexity index is 1320. The minimum Gasteiger partial charge on any atom is -0.361 e. The predicted octanol–water partition coefficient (Wildman–Crippen LogP) is 4.16. The second kappa shape index (κ2) is 9.14. The molecule has 0 bridgehead atoms. The number of amides is 2. The van der Waals surface area contributed by atoms with Crippen LogP contribution in [-0.2, 0) is 11.2 Å². The van der Waals surface area contributed by atoms with Crippen molar-refractivity contribution >= 4 is 28.4 Å². The van der Waals surface area contributed by atoms with E-state index >= 15 is 0 Å². The van der Waals surface area contributed by atoms with Crippen LogP contribution in [0.1, 0.15) is 21.5 Å². The normalized spacial score (nSPS) is 11.5. The van der Waals surface area contributed by atoms with Crippen LogP contribution < -0.4 is 10.6 Å². The fourth-order valence-electron chi connectivity index (χ4n) is 3.47. The molecule has 1 heterocycles. The minimum atomic E-state index is -0.905. The van der Waals surface area contributed by atoms with E-state index in [1.807, 2.05) is 36.5 Å². The molecule has 0 aliphatic carbocycles. The number of hydrogen-bond donors (Lipinski definition) is 3. The number of fused-ring (bicyclic) bond motifs is 1. The highest BCUT2D eigenvalue weighted by Gasteiger charge is 2.23. The van der Waals surface area contributed by atoms with Crippen molar-refractivity contribution in [3.05, 3.63) is 102 Å². The number of benzene rings is 3. The molecule has 0 fully saturated rings. The van der Waals surface area contributed by atoms with E-state index in [0.29, 0.717) is 11.3 Å². The number of anilines is 1. The van der Waals surface area contributed by atoms with Crippen LogP contribution in [0.5, 0.6) is 0 Å². The summed E-state index contributed by atoms with van der Waals surface area (Å²) in [5.74, 6) is -1.37. The van der Waals surface area contributed by atoms with Gasteiger partial charge in [0.15, 0.2) is 0 Å². The summed E-state index contributed by atoms with van der Waals surface area (Å²) in [7, 11) is 0. The molecular weight excluding hydrogens is 407 g/mol. The number of nitrogens with zero attached hydrogens (tertiary/aromatic N) is 1. The van der Waals surface area contributed by atoms with Gasteiger partial charge in [0.1, 0.15) is 11.9 Å². The molecular formula is C25H19FN4O2. The summed E-state index contributed by atoms with van der Waals surface area (Å²) in [5, 5.41) is 15.6. The molecule has 0 spiro atoms. The van der Waals surface area contributed by atoms with Crippen molar-refractivity contribution in [1.82, 2.24) is 10.3 Å². The van der Waals surface area contributed by atoms with Gasteiger partial charge in [0.05, 0.1) is 11.6 Å². The zero-order valence-corrected chi connectivity index (χ0v) is 16.9. The molecule has 0 aliphatic rings. The van der Waals surface area contributed by atoms with Crippen LogP contribution in [0.15, 0.2) is 79.0 Å². The zero-order chi connectivity index (χ0) is 22.5. The van der Waals surface area contributed by atoms with Crippen molar-refractivity contribution in [2.45, 2.75) is 12.5 Å². The maximum absolute atomic E-state index is 13.2. The summed E-state index contributed by atoms with van der Waals surface area (Å²) in [5.41, 5.74) is 2.90. The fraction of sp³-hybridized carbons (Fsp3) is 0.0800. The van der Waals surface area contributed by atoms with E-state index < -0.39 is 23.7 Å². The van der Waals surface area contributed by atoms with Crippen molar-refractivity contribution < 1.29 is 14.0 Å². The van der Waals surface area contributed by atoms with E-state index in [-0.39, 0.29) is 12.0 Å². The Morgan fingerprint density at radius 3 is 2.59 bits per heavy atom. The summed E-state index contributed by atoms with van der Waals surface area (Å²) in [4.78, 5) is 29.0. The van der Waals surface area contributed by atoms with Crippen LogP contribution in [0.25, 0.3) is 10.9 Å². The maximum atomic E-state index is 13.2. The smallest absolute Gasteiger partial charge is 0.251 e. The third-order valence-corrected chi connectivity index (χ3v) is 5.09. The summed E-state index contributed by atoms with van der Waals surface area (Å²) >= 11 is 0. The molecule has 2 amide bonds. The van der Waals surface area contributed by atoms with Crippen molar-refractivity contribution in [2.75, 3.05) is 5.32 Å². The minimum absolute atomic E-state index is 0.237. The number of nitriles is 1. The number of nitrogens with one attached hydrogen (secondary N) is 3. The van der Waals surface area contributed by atoms with Gasteiger partial charge in [-0.25, -0.2) is 4.39 Å². The van der Waals surface area contributed by atoms with E-state index in [1.165, 1.54) is 24.3 Å². The third kappa shape index (κ3) is 4.65. The van der Waals surface area contributed by atoms with Crippen LogP contribution in [0.2, 0.25) is 0 Å². The average Bonchev–Trinajstić information content (AvgIpc) is 3.22. The molecule has 32 heavy (non-hydrogen) atoms. The average molecular weight is 426 g/mol. The Morgan fingerprint density at radius 2 is 1.81 bits per heavy atom. The lowest BCUT2D eigenvalue weighted by atomic mass is 10.0. The number of carbonyl (C=O) groups excluding carboxylic acids is 2. The van der Waals surface area contributed by atoms with Gasteiger partial charge >= 0.3 is 0 Å². The Labute approximate surface area is 183 Å². The highest BCUT2D eigenvalue weighted by atomic mass is 19.1. The van der Waals surface area contributed by atoms with Gasteiger partial charge in [-0.3, -0.25) is 9.59 Å². The van der Waals surface area contributed by atoms with E-state index in [9.17, 15) is 14.0 Å². The fourth-order valence-corrected chi connectivity index (χ4v) is 3.47. The van der Waals surface area contributed by atoms with Crippen LogP contribution in [0.3, 0.4) is 0 Å². The van der Waals surface area contributed by atoms with Crippen LogP contribution in [-0.4, -0.2) is 22.8 Å². The van der Waals surface area contributed by atoms with Crippen molar-refractivity contribution in [1.29, 1.82) is 5.26 Å².